The van der Waals surface area contributed by atoms with Gasteiger partial charge < -0.3 is 14.2 Å². The second-order valence-electron chi connectivity index (χ2n) is 10.6. The van der Waals surface area contributed by atoms with Gasteiger partial charge in [0.2, 0.25) is 0 Å². The molecule has 3 atom stereocenters. The second-order valence-corrected chi connectivity index (χ2v) is 10.6. The highest BCUT2D eigenvalue weighted by Crippen LogP contribution is 2.22. The van der Waals surface area contributed by atoms with Crippen molar-refractivity contribution < 1.29 is 28.6 Å². The summed E-state index contributed by atoms with van der Waals surface area (Å²) < 4.78 is 17.4. The van der Waals surface area contributed by atoms with Crippen LogP contribution in [0.5, 0.6) is 0 Å². The Bertz CT molecular complexity index is 849. The van der Waals surface area contributed by atoms with Crippen LogP contribution >= 0.6 is 0 Å². The van der Waals surface area contributed by atoms with E-state index in [1.54, 1.807) is 6.07 Å². The van der Waals surface area contributed by atoms with Gasteiger partial charge in [-0.1, -0.05) is 80.1 Å². The maximum absolute atomic E-state index is 13.4. The first-order valence-electron chi connectivity index (χ1n) is 15.6. The average Bonchev–Trinajstić information content (AvgIpc) is 2.95. The first-order valence-corrected chi connectivity index (χ1v) is 15.6. The Balaban J connectivity index is 3.21. The van der Waals surface area contributed by atoms with Crippen LogP contribution < -0.4 is 0 Å². The average molecular weight is 547 g/mol. The van der Waals surface area contributed by atoms with E-state index in [2.05, 4.69) is 20.8 Å². The monoisotopic (exact) mass is 546 g/mol. The predicted octanol–water partition coefficient (Wildman–Crippen LogP) is 9.23. The number of unbranched alkanes of at least 4 members (excludes halogenated alkanes) is 6. The number of ether oxygens (including phenoxy) is 3. The molecule has 0 aromatic heterocycles. The molecule has 222 valence electrons. The van der Waals surface area contributed by atoms with Crippen LogP contribution in [0.1, 0.15) is 169 Å². The molecule has 0 N–H and O–H groups in total. The Kier molecular flexibility index (Phi) is 18.2. The number of esters is 3. The van der Waals surface area contributed by atoms with Gasteiger partial charge in [0, 0.05) is 0 Å². The zero-order valence-electron chi connectivity index (χ0n) is 25.5. The summed E-state index contributed by atoms with van der Waals surface area (Å²) in [7, 11) is 0. The molecule has 6 nitrogen and oxygen atoms in total. The normalized spacial score (nSPS) is 13.4. The third-order valence-corrected chi connectivity index (χ3v) is 7.27. The molecule has 0 fully saturated rings. The summed E-state index contributed by atoms with van der Waals surface area (Å²) in [5, 5.41) is 0. The summed E-state index contributed by atoms with van der Waals surface area (Å²) in [5.41, 5.74) is 0.427. The molecule has 0 bridgehead atoms. The summed E-state index contributed by atoms with van der Waals surface area (Å²) in [6.07, 6.45) is 13.3. The van der Waals surface area contributed by atoms with Crippen LogP contribution in [0.2, 0.25) is 0 Å². The van der Waals surface area contributed by atoms with Crippen molar-refractivity contribution in [3.63, 3.8) is 0 Å². The van der Waals surface area contributed by atoms with Crippen molar-refractivity contribution in [1.82, 2.24) is 0 Å². The Morgan fingerprint density at radius 2 is 0.923 bits per heavy atom. The summed E-state index contributed by atoms with van der Waals surface area (Å²) in [4.78, 5) is 39.7. The molecular formula is C33H54O6. The maximum atomic E-state index is 13.4. The van der Waals surface area contributed by atoms with Gasteiger partial charge in [-0.2, -0.15) is 0 Å². The largest absolute Gasteiger partial charge is 0.459 e. The van der Waals surface area contributed by atoms with Gasteiger partial charge in [0.25, 0.3) is 0 Å². The first kappa shape index (κ1) is 34.7. The van der Waals surface area contributed by atoms with Gasteiger partial charge in [0.15, 0.2) is 0 Å². The minimum absolute atomic E-state index is 0.0610. The van der Waals surface area contributed by atoms with Crippen molar-refractivity contribution in [1.29, 1.82) is 0 Å². The van der Waals surface area contributed by atoms with Crippen molar-refractivity contribution in [2.24, 2.45) is 0 Å². The van der Waals surface area contributed by atoms with E-state index in [4.69, 9.17) is 14.2 Å². The van der Waals surface area contributed by atoms with E-state index in [-0.39, 0.29) is 35.0 Å². The topological polar surface area (TPSA) is 78.9 Å². The summed E-state index contributed by atoms with van der Waals surface area (Å²) in [6, 6.07) is 4.49. The van der Waals surface area contributed by atoms with E-state index in [1.807, 2.05) is 20.8 Å². The molecule has 0 aliphatic heterocycles. The van der Waals surface area contributed by atoms with E-state index in [9.17, 15) is 14.4 Å². The summed E-state index contributed by atoms with van der Waals surface area (Å²) in [6.45, 7) is 12.4. The van der Waals surface area contributed by atoms with Gasteiger partial charge in [-0.15, -0.1) is 0 Å². The Labute approximate surface area is 237 Å². The number of hydrogen-bond donors (Lipinski definition) is 0. The van der Waals surface area contributed by atoms with Gasteiger partial charge in [-0.05, 0) is 76.0 Å². The molecule has 1 rings (SSSR count). The number of hydrogen-bond acceptors (Lipinski definition) is 6. The van der Waals surface area contributed by atoms with Crippen LogP contribution in [0.25, 0.3) is 0 Å². The van der Waals surface area contributed by atoms with E-state index < -0.39 is 17.9 Å². The first-order chi connectivity index (χ1) is 18.8. The van der Waals surface area contributed by atoms with E-state index in [1.165, 1.54) is 12.1 Å². The molecule has 1 aromatic rings. The van der Waals surface area contributed by atoms with Crippen molar-refractivity contribution in [2.75, 3.05) is 0 Å². The summed E-state index contributed by atoms with van der Waals surface area (Å²) in [5.74, 6) is -1.66. The molecule has 0 aliphatic rings. The van der Waals surface area contributed by atoms with Crippen molar-refractivity contribution in [3.8, 4) is 0 Å². The van der Waals surface area contributed by atoms with Crippen LogP contribution in [0, 0.1) is 0 Å². The molecule has 0 heterocycles. The highest BCUT2D eigenvalue weighted by atomic mass is 16.6. The maximum Gasteiger partial charge on any atom is 0.339 e. The van der Waals surface area contributed by atoms with Crippen LogP contribution in [0.3, 0.4) is 0 Å². The Morgan fingerprint density at radius 3 is 1.31 bits per heavy atom. The highest BCUT2D eigenvalue weighted by molar-refractivity contribution is 6.05. The second kappa shape index (κ2) is 20.5. The van der Waals surface area contributed by atoms with Crippen LogP contribution in [0.15, 0.2) is 18.2 Å². The predicted molar refractivity (Wildman–Crippen MR) is 157 cm³/mol. The lowest BCUT2D eigenvalue weighted by Crippen LogP contribution is -2.24. The Morgan fingerprint density at radius 1 is 0.538 bits per heavy atom. The minimum atomic E-state index is -0.603. The van der Waals surface area contributed by atoms with Crippen LogP contribution in [-0.4, -0.2) is 36.2 Å². The molecule has 6 heteroatoms. The molecule has 0 aliphatic carbocycles. The molecular weight excluding hydrogens is 492 g/mol. The van der Waals surface area contributed by atoms with Crippen molar-refractivity contribution >= 4 is 17.9 Å². The van der Waals surface area contributed by atoms with E-state index in [0.717, 1.165) is 83.5 Å². The third kappa shape index (κ3) is 13.0. The highest BCUT2D eigenvalue weighted by Gasteiger charge is 2.26. The minimum Gasteiger partial charge on any atom is -0.459 e. The zero-order chi connectivity index (χ0) is 29.0. The molecule has 39 heavy (non-hydrogen) atoms. The SMILES string of the molecule is CCCCCC(CC)OC(=O)c1ccc(C(=O)OC(CC)CCCCC)c(C(=O)OC(CC)CCCCC)c1. The van der Waals surface area contributed by atoms with Gasteiger partial charge >= 0.3 is 17.9 Å². The van der Waals surface area contributed by atoms with Gasteiger partial charge in [-0.25, -0.2) is 14.4 Å². The lowest BCUT2D eigenvalue weighted by atomic mass is 10.0. The standard InChI is InChI=1S/C33H54O6/c1-7-13-16-19-26(10-4)37-31(34)25-22-23-29(32(35)38-27(11-5)20-17-14-8-2)30(24-25)33(36)39-28(12-6)21-18-15-9-3/h22-24,26-28H,7-21H2,1-6H3. The number of benzene rings is 1. The lowest BCUT2D eigenvalue weighted by molar-refractivity contribution is 0.0216. The zero-order valence-corrected chi connectivity index (χ0v) is 25.5. The van der Waals surface area contributed by atoms with E-state index in [0.29, 0.717) is 12.8 Å². The molecule has 1 aromatic carbocycles. The van der Waals surface area contributed by atoms with Gasteiger partial charge in [-0.3, -0.25) is 0 Å². The smallest absolute Gasteiger partial charge is 0.339 e. The number of carbonyl (C=O) groups excluding carboxylic acids is 3. The van der Waals surface area contributed by atoms with Crippen molar-refractivity contribution in [2.45, 2.75) is 156 Å². The van der Waals surface area contributed by atoms with Gasteiger partial charge in [0.05, 0.1) is 16.7 Å². The van der Waals surface area contributed by atoms with Crippen molar-refractivity contribution in [3.05, 3.63) is 34.9 Å². The fourth-order valence-corrected chi connectivity index (χ4v) is 4.57. The molecule has 3 unspecified atom stereocenters. The molecule has 0 saturated heterocycles. The summed E-state index contributed by atoms with van der Waals surface area (Å²) >= 11 is 0. The molecule has 0 radical (unpaired) electrons. The molecule has 0 saturated carbocycles. The van der Waals surface area contributed by atoms with Crippen LogP contribution in [-0.2, 0) is 14.2 Å². The lowest BCUT2D eigenvalue weighted by Gasteiger charge is -2.20. The number of rotatable bonds is 21. The Hall–Kier alpha value is -2.37. The number of carbonyl (C=O) groups is 3. The van der Waals surface area contributed by atoms with E-state index >= 15 is 0 Å². The van der Waals surface area contributed by atoms with Gasteiger partial charge in [0.1, 0.15) is 18.3 Å². The molecule has 0 amide bonds. The fourth-order valence-electron chi connectivity index (χ4n) is 4.57. The van der Waals surface area contributed by atoms with Crippen LogP contribution in [0.4, 0.5) is 0 Å². The fraction of sp³-hybridized carbons (Fsp3) is 0.727. The quantitative estimate of drug-likeness (QED) is 0.0868. The molecule has 0 spiro atoms. The third-order valence-electron chi connectivity index (χ3n) is 7.27.